The van der Waals surface area contributed by atoms with Gasteiger partial charge in [-0.15, -0.1) is 0 Å². The molecule has 1 unspecified atom stereocenters. The minimum Gasteiger partial charge on any atom is -0.368 e. The highest BCUT2D eigenvalue weighted by atomic mass is 16.2. The van der Waals surface area contributed by atoms with Gasteiger partial charge in [0.15, 0.2) is 0 Å². The highest BCUT2D eigenvalue weighted by Gasteiger charge is 2.40. The second-order valence-electron chi connectivity index (χ2n) is 6.21. The average molecular weight is 255 g/mol. The number of hydrogen-bond donors (Lipinski definition) is 3. The number of primary amides is 1. The van der Waals surface area contributed by atoms with Crippen molar-refractivity contribution in [1.82, 2.24) is 10.6 Å². The maximum absolute atomic E-state index is 12.3. The second-order valence-corrected chi connectivity index (χ2v) is 6.21. The van der Waals surface area contributed by atoms with E-state index in [9.17, 15) is 9.59 Å². The first-order chi connectivity index (χ1) is 8.18. The molecule has 1 aliphatic rings. The number of piperidine rings is 1. The molecule has 1 saturated heterocycles. The Morgan fingerprint density at radius 1 is 1.28 bits per heavy atom. The fourth-order valence-corrected chi connectivity index (χ4v) is 2.16. The molecule has 0 spiro atoms. The minimum atomic E-state index is -1.00. The van der Waals surface area contributed by atoms with Crippen LogP contribution in [0, 0.1) is 11.3 Å². The molecule has 0 aliphatic carbocycles. The van der Waals surface area contributed by atoms with E-state index in [0.29, 0.717) is 0 Å². The van der Waals surface area contributed by atoms with E-state index >= 15 is 0 Å². The molecule has 4 N–H and O–H groups in total. The van der Waals surface area contributed by atoms with Gasteiger partial charge in [0, 0.05) is 5.41 Å². The van der Waals surface area contributed by atoms with Gasteiger partial charge in [0.25, 0.3) is 0 Å². The monoisotopic (exact) mass is 255 g/mol. The normalized spacial score (nSPS) is 21.4. The van der Waals surface area contributed by atoms with Crippen LogP contribution < -0.4 is 16.4 Å². The lowest BCUT2D eigenvalue weighted by Crippen LogP contribution is -2.58. The molecule has 0 bridgehead atoms. The molecule has 1 fully saturated rings. The smallest absolute Gasteiger partial charge is 0.242 e. The lowest BCUT2D eigenvalue weighted by molar-refractivity contribution is -0.138. The summed E-state index contributed by atoms with van der Waals surface area (Å²) in [6.45, 7) is 8.97. The fourth-order valence-electron chi connectivity index (χ4n) is 2.16. The average Bonchev–Trinajstić information content (AvgIpc) is 2.29. The number of hydrogen-bond acceptors (Lipinski definition) is 3. The zero-order valence-corrected chi connectivity index (χ0v) is 11.8. The molecule has 1 heterocycles. The van der Waals surface area contributed by atoms with Crippen molar-refractivity contribution in [2.45, 2.75) is 46.1 Å². The van der Waals surface area contributed by atoms with Crippen LogP contribution >= 0.6 is 0 Å². The van der Waals surface area contributed by atoms with Gasteiger partial charge in [0.2, 0.25) is 11.8 Å². The maximum atomic E-state index is 12.3. The molecule has 18 heavy (non-hydrogen) atoms. The van der Waals surface area contributed by atoms with Crippen molar-refractivity contribution >= 4 is 11.8 Å². The van der Waals surface area contributed by atoms with Gasteiger partial charge in [-0.3, -0.25) is 9.59 Å². The summed E-state index contributed by atoms with van der Waals surface area (Å²) in [4.78, 5) is 23.6. The van der Waals surface area contributed by atoms with Crippen molar-refractivity contribution in [3.05, 3.63) is 0 Å². The molecule has 0 aromatic rings. The second kappa shape index (κ2) is 5.26. The van der Waals surface area contributed by atoms with Crippen molar-refractivity contribution in [1.29, 1.82) is 0 Å². The van der Waals surface area contributed by atoms with E-state index in [1.165, 1.54) is 0 Å². The molecular weight excluding hydrogens is 230 g/mol. The van der Waals surface area contributed by atoms with Crippen LogP contribution in [0.1, 0.15) is 40.5 Å². The van der Waals surface area contributed by atoms with Crippen LogP contribution in [0.5, 0.6) is 0 Å². The third-order valence-electron chi connectivity index (χ3n) is 3.94. The van der Waals surface area contributed by atoms with Gasteiger partial charge in [0.05, 0.1) is 0 Å². The van der Waals surface area contributed by atoms with Gasteiger partial charge in [-0.2, -0.15) is 0 Å². The van der Waals surface area contributed by atoms with Crippen LogP contribution in [0.4, 0.5) is 0 Å². The molecular formula is C13H25N3O2. The zero-order valence-electron chi connectivity index (χ0n) is 11.8. The predicted octanol–water partition coefficient (Wildman–Crippen LogP) is 0.392. The van der Waals surface area contributed by atoms with Crippen molar-refractivity contribution in [3.8, 4) is 0 Å². The van der Waals surface area contributed by atoms with Gasteiger partial charge in [-0.25, -0.2) is 0 Å². The Hall–Kier alpha value is -1.10. The highest BCUT2D eigenvalue weighted by Crippen LogP contribution is 2.32. The standard InChI is InChI=1S/C13H25N3O2/c1-12(2,9-6-5-7-15-8-9)11(18)16-13(3,4)10(14)17/h9,15H,5-8H2,1-4H3,(H2,14,17)(H,16,18). The Labute approximate surface area is 109 Å². The molecule has 1 atom stereocenters. The molecule has 0 aromatic heterocycles. The first-order valence-electron chi connectivity index (χ1n) is 6.51. The summed E-state index contributed by atoms with van der Waals surface area (Å²) in [5, 5.41) is 6.06. The third-order valence-corrected chi connectivity index (χ3v) is 3.94. The van der Waals surface area contributed by atoms with Crippen molar-refractivity contribution < 1.29 is 9.59 Å². The van der Waals surface area contributed by atoms with Crippen LogP contribution in [0.15, 0.2) is 0 Å². The van der Waals surface area contributed by atoms with E-state index in [-0.39, 0.29) is 11.8 Å². The minimum absolute atomic E-state index is 0.111. The molecule has 5 nitrogen and oxygen atoms in total. The van der Waals surface area contributed by atoms with Gasteiger partial charge in [0.1, 0.15) is 5.54 Å². The predicted molar refractivity (Wildman–Crippen MR) is 70.8 cm³/mol. The largest absolute Gasteiger partial charge is 0.368 e. The fraction of sp³-hybridized carbons (Fsp3) is 0.846. The van der Waals surface area contributed by atoms with E-state index in [0.717, 1.165) is 25.9 Å². The Morgan fingerprint density at radius 3 is 2.33 bits per heavy atom. The molecule has 1 aliphatic heterocycles. The number of nitrogens with one attached hydrogen (secondary N) is 2. The van der Waals surface area contributed by atoms with Crippen molar-refractivity contribution in [3.63, 3.8) is 0 Å². The number of nitrogens with two attached hydrogens (primary N) is 1. The van der Waals surface area contributed by atoms with Crippen LogP contribution in [-0.4, -0.2) is 30.4 Å². The third kappa shape index (κ3) is 3.22. The highest BCUT2D eigenvalue weighted by molar-refractivity contribution is 5.91. The first kappa shape index (κ1) is 15.0. The van der Waals surface area contributed by atoms with Gasteiger partial charge in [-0.1, -0.05) is 13.8 Å². The van der Waals surface area contributed by atoms with Crippen LogP contribution in [0.3, 0.4) is 0 Å². The molecule has 0 radical (unpaired) electrons. The van der Waals surface area contributed by atoms with Crippen molar-refractivity contribution in [2.24, 2.45) is 17.1 Å². The van der Waals surface area contributed by atoms with E-state index in [1.54, 1.807) is 13.8 Å². The Bertz CT molecular complexity index is 331. The molecule has 1 rings (SSSR count). The van der Waals surface area contributed by atoms with Crippen LogP contribution in [0.2, 0.25) is 0 Å². The number of amides is 2. The Morgan fingerprint density at radius 2 is 1.89 bits per heavy atom. The molecule has 0 aromatic carbocycles. The SMILES string of the molecule is CC(C)(NC(=O)C(C)(C)C1CCCNC1)C(N)=O. The summed E-state index contributed by atoms with van der Waals surface area (Å²) in [5.41, 5.74) is 3.77. The zero-order chi connectivity index (χ0) is 14.0. The van der Waals surface area contributed by atoms with Crippen LogP contribution in [-0.2, 0) is 9.59 Å². The summed E-state index contributed by atoms with van der Waals surface area (Å²) in [5.74, 6) is -0.344. The van der Waals surface area contributed by atoms with E-state index in [1.807, 2.05) is 13.8 Å². The van der Waals surface area contributed by atoms with Crippen LogP contribution in [0.25, 0.3) is 0 Å². The number of rotatable bonds is 4. The van der Waals surface area contributed by atoms with Gasteiger partial charge < -0.3 is 16.4 Å². The summed E-state index contributed by atoms with van der Waals surface area (Å²) < 4.78 is 0. The lowest BCUT2D eigenvalue weighted by atomic mass is 9.74. The summed E-state index contributed by atoms with van der Waals surface area (Å²) in [6.07, 6.45) is 2.12. The topological polar surface area (TPSA) is 84.2 Å². The van der Waals surface area contributed by atoms with E-state index < -0.39 is 16.9 Å². The molecule has 104 valence electrons. The molecule has 5 heteroatoms. The quantitative estimate of drug-likeness (QED) is 0.679. The Balaban J connectivity index is 2.72. The van der Waals surface area contributed by atoms with Gasteiger partial charge >= 0.3 is 0 Å². The Kier molecular flexibility index (Phi) is 4.37. The van der Waals surface area contributed by atoms with E-state index in [4.69, 9.17) is 5.73 Å². The maximum Gasteiger partial charge on any atom is 0.242 e. The number of carbonyl (C=O) groups excluding carboxylic acids is 2. The molecule has 0 saturated carbocycles. The first-order valence-corrected chi connectivity index (χ1v) is 6.51. The number of carbonyl (C=O) groups is 2. The van der Waals surface area contributed by atoms with Gasteiger partial charge in [-0.05, 0) is 45.7 Å². The summed E-state index contributed by atoms with van der Waals surface area (Å²) >= 11 is 0. The lowest BCUT2D eigenvalue weighted by Gasteiger charge is -2.38. The summed E-state index contributed by atoms with van der Waals surface area (Å²) in [6, 6.07) is 0. The van der Waals surface area contributed by atoms with E-state index in [2.05, 4.69) is 10.6 Å². The molecule has 2 amide bonds. The summed E-state index contributed by atoms with van der Waals surface area (Å²) in [7, 11) is 0. The van der Waals surface area contributed by atoms with Crippen molar-refractivity contribution in [2.75, 3.05) is 13.1 Å².